The van der Waals surface area contributed by atoms with Crippen molar-refractivity contribution >= 4 is 0 Å². The van der Waals surface area contributed by atoms with Gasteiger partial charge in [-0.1, -0.05) is 0 Å². The molecule has 0 aliphatic heterocycles. The van der Waals surface area contributed by atoms with Crippen LogP contribution in [0.15, 0.2) is 6.20 Å². The first kappa shape index (κ1) is 9.98. The summed E-state index contributed by atoms with van der Waals surface area (Å²) in [4.78, 5) is 3.55. The van der Waals surface area contributed by atoms with E-state index in [1.807, 2.05) is 0 Å². The second-order valence-electron chi connectivity index (χ2n) is 2.56. The molecule has 0 unspecified atom stereocenters. The number of pyridine rings is 1. The van der Waals surface area contributed by atoms with Gasteiger partial charge in [-0.3, -0.25) is 4.98 Å². The van der Waals surface area contributed by atoms with Gasteiger partial charge in [0.05, 0.1) is 12.2 Å². The molecule has 72 valence electrons. The number of aliphatic hydroxyl groups is 1. The van der Waals surface area contributed by atoms with Crippen LogP contribution < -0.4 is 0 Å². The van der Waals surface area contributed by atoms with Gasteiger partial charge in [0.15, 0.2) is 0 Å². The fourth-order valence-corrected chi connectivity index (χ4v) is 0.997. The molecule has 0 aromatic carbocycles. The molecule has 0 bridgehead atoms. The van der Waals surface area contributed by atoms with Crippen LogP contribution in [0.1, 0.15) is 23.2 Å². The van der Waals surface area contributed by atoms with Gasteiger partial charge in [0.25, 0.3) is 6.43 Å². The minimum Gasteiger partial charge on any atom is -0.392 e. The highest BCUT2D eigenvalue weighted by molar-refractivity contribution is 5.27. The molecular weight excluding hydrogens is 183 g/mol. The Hall–Kier alpha value is -1.10. The van der Waals surface area contributed by atoms with E-state index in [9.17, 15) is 13.2 Å². The van der Waals surface area contributed by atoms with Crippen LogP contribution in [0, 0.1) is 12.7 Å². The molecule has 1 rings (SSSR count). The van der Waals surface area contributed by atoms with Crippen LogP contribution in [0.4, 0.5) is 13.2 Å². The Morgan fingerprint density at radius 3 is 2.62 bits per heavy atom. The molecule has 0 aliphatic rings. The average Bonchev–Trinajstić information content (AvgIpc) is 2.04. The van der Waals surface area contributed by atoms with Crippen LogP contribution in [-0.4, -0.2) is 10.1 Å². The van der Waals surface area contributed by atoms with Crippen LogP contribution >= 0.6 is 0 Å². The van der Waals surface area contributed by atoms with E-state index < -0.39 is 24.4 Å². The van der Waals surface area contributed by atoms with Gasteiger partial charge in [-0.15, -0.1) is 0 Å². The Balaban J connectivity index is 3.30. The van der Waals surface area contributed by atoms with E-state index in [0.29, 0.717) is 0 Å². The summed E-state index contributed by atoms with van der Waals surface area (Å²) in [5.41, 5.74) is -0.989. The average molecular weight is 191 g/mol. The molecular formula is C8H8F3NO. The zero-order valence-electron chi connectivity index (χ0n) is 6.89. The Kier molecular flexibility index (Phi) is 2.87. The first-order chi connectivity index (χ1) is 6.07. The fraction of sp³-hybridized carbons (Fsp3) is 0.375. The first-order valence-electron chi connectivity index (χ1n) is 3.60. The summed E-state index contributed by atoms with van der Waals surface area (Å²) in [5, 5.41) is 8.59. The number of hydrogen-bond acceptors (Lipinski definition) is 2. The van der Waals surface area contributed by atoms with Crippen molar-refractivity contribution in [3.05, 3.63) is 28.8 Å². The predicted octanol–water partition coefficient (Wildman–Crippen LogP) is 1.96. The highest BCUT2D eigenvalue weighted by Gasteiger charge is 2.19. The third kappa shape index (κ3) is 1.80. The predicted molar refractivity (Wildman–Crippen MR) is 39.8 cm³/mol. The van der Waals surface area contributed by atoms with E-state index in [4.69, 9.17) is 5.11 Å². The van der Waals surface area contributed by atoms with Crippen LogP contribution in [0.5, 0.6) is 0 Å². The molecule has 0 fully saturated rings. The smallest absolute Gasteiger partial charge is 0.268 e. The summed E-state index contributed by atoms with van der Waals surface area (Å²) in [6.45, 7) is 0.671. The molecule has 0 amide bonds. The van der Waals surface area contributed by atoms with E-state index in [2.05, 4.69) is 4.98 Å². The standard InChI is InChI=1S/C8H8F3NO/c1-4-6(8(10)11)7(9)5(3-13)2-12-4/h2,8,13H,3H2,1H3. The van der Waals surface area contributed by atoms with Gasteiger partial charge < -0.3 is 5.11 Å². The number of hydrogen-bond donors (Lipinski definition) is 1. The van der Waals surface area contributed by atoms with Crippen molar-refractivity contribution in [3.8, 4) is 0 Å². The third-order valence-electron chi connectivity index (χ3n) is 1.71. The molecule has 13 heavy (non-hydrogen) atoms. The number of rotatable bonds is 2. The minimum absolute atomic E-state index is 0.0512. The normalized spacial score (nSPS) is 10.9. The van der Waals surface area contributed by atoms with E-state index in [1.54, 1.807) is 0 Å². The molecule has 1 heterocycles. The van der Waals surface area contributed by atoms with Crippen molar-refractivity contribution < 1.29 is 18.3 Å². The van der Waals surface area contributed by atoms with Crippen molar-refractivity contribution in [1.29, 1.82) is 0 Å². The number of halogens is 3. The number of aryl methyl sites for hydroxylation is 1. The maximum atomic E-state index is 13.1. The number of aromatic nitrogens is 1. The molecule has 1 aromatic rings. The van der Waals surface area contributed by atoms with Crippen molar-refractivity contribution in [1.82, 2.24) is 4.98 Å². The monoisotopic (exact) mass is 191 g/mol. The minimum atomic E-state index is -2.90. The third-order valence-corrected chi connectivity index (χ3v) is 1.71. The molecule has 1 N–H and O–H groups in total. The number of alkyl halides is 2. The topological polar surface area (TPSA) is 33.1 Å². The zero-order chi connectivity index (χ0) is 10.0. The fourth-order valence-electron chi connectivity index (χ4n) is 0.997. The summed E-state index contributed by atoms with van der Waals surface area (Å²) in [5.74, 6) is -1.06. The Morgan fingerprint density at radius 1 is 1.54 bits per heavy atom. The summed E-state index contributed by atoms with van der Waals surface area (Å²) >= 11 is 0. The van der Waals surface area contributed by atoms with Gasteiger partial charge >= 0.3 is 0 Å². The molecule has 0 saturated carbocycles. The van der Waals surface area contributed by atoms with Gasteiger partial charge in [-0.25, -0.2) is 13.2 Å². The molecule has 5 heteroatoms. The van der Waals surface area contributed by atoms with Crippen LogP contribution in [0.2, 0.25) is 0 Å². The Bertz CT molecular complexity index is 315. The molecule has 0 radical (unpaired) electrons. The maximum Gasteiger partial charge on any atom is 0.268 e. The lowest BCUT2D eigenvalue weighted by molar-refractivity contribution is 0.144. The van der Waals surface area contributed by atoms with Gasteiger partial charge in [-0.05, 0) is 6.92 Å². The van der Waals surface area contributed by atoms with E-state index in [-0.39, 0.29) is 11.3 Å². The lowest BCUT2D eigenvalue weighted by Gasteiger charge is -2.07. The zero-order valence-corrected chi connectivity index (χ0v) is 6.89. The van der Waals surface area contributed by atoms with Crippen molar-refractivity contribution in [2.24, 2.45) is 0 Å². The van der Waals surface area contributed by atoms with Crippen molar-refractivity contribution in [2.75, 3.05) is 0 Å². The molecule has 0 saturated heterocycles. The quantitative estimate of drug-likeness (QED) is 0.775. The molecule has 0 aliphatic carbocycles. The van der Waals surface area contributed by atoms with Gasteiger partial charge in [0.2, 0.25) is 0 Å². The number of aliphatic hydroxyl groups excluding tert-OH is 1. The van der Waals surface area contributed by atoms with Crippen LogP contribution in [-0.2, 0) is 6.61 Å². The van der Waals surface area contributed by atoms with Crippen molar-refractivity contribution in [2.45, 2.75) is 20.0 Å². The van der Waals surface area contributed by atoms with Crippen molar-refractivity contribution in [3.63, 3.8) is 0 Å². The Labute approximate surface area is 73.0 Å². The van der Waals surface area contributed by atoms with Gasteiger partial charge in [0, 0.05) is 17.5 Å². The highest BCUT2D eigenvalue weighted by Crippen LogP contribution is 2.25. The molecule has 0 atom stereocenters. The molecule has 1 aromatic heterocycles. The first-order valence-corrected chi connectivity index (χ1v) is 3.60. The summed E-state index contributed by atoms with van der Waals surface area (Å²) in [6.07, 6.45) is -1.85. The van der Waals surface area contributed by atoms with Gasteiger partial charge in [0.1, 0.15) is 5.82 Å². The summed E-state index contributed by atoms with van der Waals surface area (Å²) in [6, 6.07) is 0. The van der Waals surface area contributed by atoms with E-state index in [1.165, 1.54) is 6.92 Å². The summed E-state index contributed by atoms with van der Waals surface area (Å²) in [7, 11) is 0. The second kappa shape index (κ2) is 3.74. The largest absolute Gasteiger partial charge is 0.392 e. The maximum absolute atomic E-state index is 13.1. The molecule has 0 spiro atoms. The highest BCUT2D eigenvalue weighted by atomic mass is 19.3. The summed E-state index contributed by atoms with van der Waals surface area (Å²) < 4.78 is 37.6. The van der Waals surface area contributed by atoms with Crippen LogP contribution in [0.25, 0.3) is 0 Å². The van der Waals surface area contributed by atoms with E-state index in [0.717, 1.165) is 6.20 Å². The Morgan fingerprint density at radius 2 is 2.15 bits per heavy atom. The van der Waals surface area contributed by atoms with Gasteiger partial charge in [-0.2, -0.15) is 0 Å². The van der Waals surface area contributed by atoms with E-state index >= 15 is 0 Å². The molecule has 2 nitrogen and oxygen atoms in total. The second-order valence-corrected chi connectivity index (χ2v) is 2.56. The van der Waals surface area contributed by atoms with Crippen LogP contribution in [0.3, 0.4) is 0 Å². The SMILES string of the molecule is Cc1ncc(CO)c(F)c1C(F)F. The lowest BCUT2D eigenvalue weighted by atomic mass is 10.1. The lowest BCUT2D eigenvalue weighted by Crippen LogP contribution is -2.02. The number of nitrogens with zero attached hydrogens (tertiary/aromatic N) is 1.